The van der Waals surface area contributed by atoms with E-state index in [9.17, 15) is 4.79 Å². The fourth-order valence-electron chi connectivity index (χ4n) is 3.27. The largest absolute Gasteiger partial charge is 0.366 e. The molecule has 0 radical (unpaired) electrons. The quantitative estimate of drug-likeness (QED) is 0.720. The second-order valence-electron chi connectivity index (χ2n) is 6.68. The van der Waals surface area contributed by atoms with Crippen molar-refractivity contribution in [2.45, 2.75) is 40.3 Å². The van der Waals surface area contributed by atoms with Gasteiger partial charge in [-0.15, -0.1) is 12.4 Å². The zero-order valence-corrected chi connectivity index (χ0v) is 16.1. The van der Waals surface area contributed by atoms with Crippen LogP contribution in [0.1, 0.15) is 38.1 Å². The summed E-state index contributed by atoms with van der Waals surface area (Å²) in [5.41, 5.74) is 1.72. The highest BCUT2D eigenvalue weighted by Crippen LogP contribution is 2.28. The Morgan fingerprint density at radius 1 is 1.32 bits per heavy atom. The highest BCUT2D eigenvalue weighted by atomic mass is 35.5. The Kier molecular flexibility index (Phi) is 6.91. The molecule has 1 unspecified atom stereocenters. The smallest absolute Gasteiger partial charge is 0.281 e. The molecule has 3 aromatic rings. The molecule has 0 spiro atoms. The summed E-state index contributed by atoms with van der Waals surface area (Å²) >= 11 is 0. The lowest BCUT2D eigenvalue weighted by Gasteiger charge is -2.16. The molecule has 0 aliphatic carbocycles. The number of aromatic nitrogens is 3. The van der Waals surface area contributed by atoms with Gasteiger partial charge >= 0.3 is 0 Å². The van der Waals surface area contributed by atoms with Crippen molar-refractivity contribution in [1.29, 1.82) is 0 Å². The first-order valence-corrected chi connectivity index (χ1v) is 8.92. The van der Waals surface area contributed by atoms with E-state index in [1.54, 1.807) is 18.3 Å². The van der Waals surface area contributed by atoms with Gasteiger partial charge in [-0.1, -0.05) is 39.8 Å². The first-order valence-electron chi connectivity index (χ1n) is 8.92. The lowest BCUT2D eigenvalue weighted by molar-refractivity contribution is 0.0996. The van der Waals surface area contributed by atoms with Gasteiger partial charge in [-0.05, 0) is 30.2 Å². The number of nitrogens with zero attached hydrogens (tertiary/aromatic N) is 4. The average molecular weight is 400 g/mol. The van der Waals surface area contributed by atoms with Gasteiger partial charge in [0, 0.05) is 30.4 Å². The number of nitrogens with one attached hydrogen (secondary N) is 1. The zero-order chi connectivity index (χ0) is 18.1. The minimum absolute atomic E-state index is 0. The van der Waals surface area contributed by atoms with Crippen LogP contribution in [-0.2, 0) is 6.54 Å². The van der Waals surface area contributed by atoms with E-state index in [2.05, 4.69) is 34.1 Å². The third-order valence-corrected chi connectivity index (χ3v) is 5.03. The van der Waals surface area contributed by atoms with Crippen LogP contribution < -0.4 is 10.9 Å². The molecule has 0 saturated carbocycles. The number of benzene rings is 1. The maximum absolute atomic E-state index is 12.5. The van der Waals surface area contributed by atoms with Gasteiger partial charge in [0.2, 0.25) is 5.62 Å². The lowest BCUT2D eigenvalue weighted by Crippen LogP contribution is -2.28. The van der Waals surface area contributed by atoms with Crippen LogP contribution in [0.4, 0.5) is 5.82 Å². The number of para-hydroxylation sites is 1. The monoisotopic (exact) mass is 399 g/mol. The van der Waals surface area contributed by atoms with Crippen molar-refractivity contribution in [1.82, 2.24) is 14.5 Å². The molecule has 6 nitrogen and oxygen atoms in total. The van der Waals surface area contributed by atoms with E-state index in [1.165, 1.54) is 6.20 Å². The van der Waals surface area contributed by atoms with Crippen LogP contribution in [0, 0.1) is 5.92 Å². The molecule has 7 heteroatoms. The second-order valence-corrected chi connectivity index (χ2v) is 6.68. The molecular formula is C21H26ClN5O. The molecule has 1 aromatic carbocycles. The molecule has 0 bridgehead atoms. The minimum Gasteiger partial charge on any atom is -0.366 e. The summed E-state index contributed by atoms with van der Waals surface area (Å²) in [5.74, 6) is 1.16. The van der Waals surface area contributed by atoms with Crippen LogP contribution in [0.5, 0.6) is 0 Å². The maximum Gasteiger partial charge on any atom is 0.281 e. The Morgan fingerprint density at radius 2 is 2.11 bits per heavy atom. The van der Waals surface area contributed by atoms with Gasteiger partial charge in [-0.25, -0.2) is 4.98 Å². The van der Waals surface area contributed by atoms with Crippen molar-refractivity contribution in [3.8, 4) is 0 Å². The fraction of sp³-hybridized carbons (Fsp3) is 0.333. The summed E-state index contributed by atoms with van der Waals surface area (Å²) in [6, 6.07) is 11.7. The van der Waals surface area contributed by atoms with E-state index in [1.807, 2.05) is 28.8 Å². The van der Waals surface area contributed by atoms with Crippen LogP contribution in [-0.4, -0.2) is 26.5 Å². The molecule has 148 valence electrons. The van der Waals surface area contributed by atoms with E-state index < -0.39 is 0 Å². The molecule has 1 N–H and O–H groups in total. The summed E-state index contributed by atoms with van der Waals surface area (Å²) in [6.45, 7) is 5.17. The van der Waals surface area contributed by atoms with Crippen molar-refractivity contribution >= 4 is 35.0 Å². The van der Waals surface area contributed by atoms with Crippen molar-refractivity contribution in [2.75, 3.05) is 5.32 Å². The average Bonchev–Trinajstić information content (AvgIpc) is 3.14. The molecular weight excluding hydrogens is 374 g/mol. The highest BCUT2D eigenvalue weighted by Gasteiger charge is 2.27. The van der Waals surface area contributed by atoms with Crippen molar-refractivity contribution in [2.24, 2.45) is 10.9 Å². The highest BCUT2D eigenvalue weighted by molar-refractivity contribution is 5.95. The van der Waals surface area contributed by atoms with E-state index >= 15 is 0 Å². The third kappa shape index (κ3) is 3.92. The predicted octanol–water partition coefficient (Wildman–Crippen LogP) is 4.07. The maximum atomic E-state index is 12.5. The molecule has 1 amide bonds. The number of hydrogen-bond donors (Lipinski definition) is 1. The van der Waals surface area contributed by atoms with Gasteiger partial charge in [0.15, 0.2) is 0 Å². The normalized spacial score (nSPS) is 16.5. The number of carbonyl (C=O) groups excluding carboxylic acids is 1. The fourth-order valence-corrected chi connectivity index (χ4v) is 3.27. The van der Waals surface area contributed by atoms with Gasteiger partial charge in [0.05, 0.1) is 11.1 Å². The van der Waals surface area contributed by atoms with Crippen LogP contribution in [0.2, 0.25) is 0 Å². The Labute approximate surface area is 171 Å². The van der Waals surface area contributed by atoms with Gasteiger partial charge in [0.25, 0.3) is 5.91 Å². The molecule has 0 saturated heterocycles. The van der Waals surface area contributed by atoms with Crippen LogP contribution in [0.3, 0.4) is 0 Å². The number of hydrogen-bond acceptors (Lipinski definition) is 4. The predicted molar refractivity (Wildman–Crippen MR) is 115 cm³/mol. The lowest BCUT2D eigenvalue weighted by atomic mass is 10.0. The second kappa shape index (κ2) is 8.97. The number of carbonyl (C=O) groups is 1. The number of halogens is 1. The van der Waals surface area contributed by atoms with Gasteiger partial charge < -0.3 is 5.32 Å². The number of anilines is 1. The molecule has 0 fully saturated rings. The first kappa shape index (κ1) is 21.6. The Balaban J connectivity index is 0.00000140. The summed E-state index contributed by atoms with van der Waals surface area (Å²) in [7, 11) is 0. The van der Waals surface area contributed by atoms with Crippen LogP contribution in [0.25, 0.3) is 10.9 Å². The topological polar surface area (TPSA) is 72.2 Å². The molecule has 4 rings (SSSR count). The van der Waals surface area contributed by atoms with Crippen molar-refractivity contribution in [3.63, 3.8) is 0 Å². The minimum atomic E-state index is -0.331. The molecule has 2 aromatic heterocycles. The third-order valence-electron chi connectivity index (χ3n) is 5.03. The Hall–Kier alpha value is -2.73. The van der Waals surface area contributed by atoms with Crippen LogP contribution >= 0.6 is 12.4 Å². The molecule has 28 heavy (non-hydrogen) atoms. The zero-order valence-electron chi connectivity index (χ0n) is 15.3. The van der Waals surface area contributed by atoms with E-state index in [0.717, 1.165) is 29.7 Å². The Bertz CT molecular complexity index is 1030. The van der Waals surface area contributed by atoms with Crippen molar-refractivity contribution in [3.05, 3.63) is 60.0 Å². The number of amides is 1. The Morgan fingerprint density at radius 3 is 2.82 bits per heavy atom. The molecule has 2 atom stereocenters. The first-order chi connectivity index (χ1) is 12.7. The molecule has 1 aliphatic heterocycles. The van der Waals surface area contributed by atoms with Crippen molar-refractivity contribution < 1.29 is 4.79 Å². The van der Waals surface area contributed by atoms with E-state index in [4.69, 9.17) is 0 Å². The summed E-state index contributed by atoms with van der Waals surface area (Å²) in [5, 5.41) is 4.67. The summed E-state index contributed by atoms with van der Waals surface area (Å²) < 4.78 is 2.02. The summed E-state index contributed by atoms with van der Waals surface area (Å²) in [4.78, 5) is 25.5. The van der Waals surface area contributed by atoms with E-state index in [-0.39, 0.29) is 25.7 Å². The van der Waals surface area contributed by atoms with Crippen LogP contribution in [0.15, 0.2) is 53.8 Å². The SMILES string of the molecule is C.CCC(C)[C@H]1Cn2c(c3ccccc3nc2=NC(=O)c2cccnc2)N1.Cl. The molecule has 3 heterocycles. The number of fused-ring (bicyclic) bond motifs is 3. The molecule has 1 aliphatic rings. The van der Waals surface area contributed by atoms with Gasteiger partial charge in [-0.2, -0.15) is 4.99 Å². The number of rotatable bonds is 3. The number of pyridine rings is 1. The summed E-state index contributed by atoms with van der Waals surface area (Å²) in [6.07, 6.45) is 4.24. The van der Waals surface area contributed by atoms with E-state index in [0.29, 0.717) is 23.1 Å². The van der Waals surface area contributed by atoms with Gasteiger partial charge in [0.1, 0.15) is 5.82 Å². The standard InChI is InChI=1S/C20H21N5O.CH4.ClH/c1-3-13(2)17-12-25-18(22-17)15-8-4-5-9-16(15)23-20(25)24-19(26)14-7-6-10-21-11-14;;/h4-11,13,17,22H,3,12H2,1-2H3;1H4;1H/t13?,17-;;/m1../s1. The van der Waals surface area contributed by atoms with Gasteiger partial charge in [-0.3, -0.25) is 14.3 Å².